The van der Waals surface area contributed by atoms with Gasteiger partial charge in [0.2, 0.25) is 0 Å². The van der Waals surface area contributed by atoms with Crippen molar-refractivity contribution in [3.05, 3.63) is 28.8 Å². The number of nitrogens with zero attached hydrogens (tertiary/aromatic N) is 1. The van der Waals surface area contributed by atoms with Crippen LogP contribution in [0.4, 0.5) is 18.9 Å². The number of halogens is 4. The molecule has 0 spiro atoms. The van der Waals surface area contributed by atoms with E-state index in [1.165, 1.54) is 6.07 Å². The lowest BCUT2D eigenvalue weighted by Crippen LogP contribution is -2.57. The molecule has 0 aromatic heterocycles. The summed E-state index contributed by atoms with van der Waals surface area (Å²) in [6, 6.07) is 3.52. The summed E-state index contributed by atoms with van der Waals surface area (Å²) < 4.78 is 37.7. The minimum absolute atomic E-state index is 0.0791. The van der Waals surface area contributed by atoms with Gasteiger partial charge in [-0.05, 0) is 32.0 Å². The van der Waals surface area contributed by atoms with Crippen molar-refractivity contribution in [2.45, 2.75) is 25.6 Å². The predicted octanol–water partition coefficient (Wildman–Crippen LogP) is 3.55. The van der Waals surface area contributed by atoms with Crippen LogP contribution in [0.5, 0.6) is 0 Å². The lowest BCUT2D eigenvalue weighted by molar-refractivity contribution is -0.137. The molecule has 0 amide bonds. The van der Waals surface area contributed by atoms with E-state index in [-0.39, 0.29) is 10.6 Å². The van der Waals surface area contributed by atoms with Gasteiger partial charge in [0.15, 0.2) is 0 Å². The minimum Gasteiger partial charge on any atom is -0.367 e. The molecule has 1 N–H and O–H groups in total. The Balaban J connectivity index is 2.26. The zero-order valence-electron chi connectivity index (χ0n) is 10.8. The van der Waals surface area contributed by atoms with Crippen molar-refractivity contribution >= 4 is 17.3 Å². The SMILES string of the molecule is CC1(C)CN(c2ccc(C(F)(F)F)cc2Cl)CCN1. The molecule has 0 aliphatic carbocycles. The Morgan fingerprint density at radius 2 is 2.00 bits per heavy atom. The van der Waals surface area contributed by atoms with E-state index in [1.54, 1.807) is 0 Å². The molecule has 0 saturated carbocycles. The van der Waals surface area contributed by atoms with Crippen molar-refractivity contribution in [1.29, 1.82) is 0 Å². The number of piperazine rings is 1. The monoisotopic (exact) mass is 292 g/mol. The van der Waals surface area contributed by atoms with Gasteiger partial charge in [-0.3, -0.25) is 0 Å². The molecular formula is C13H16ClF3N2. The molecule has 1 fully saturated rings. The topological polar surface area (TPSA) is 15.3 Å². The average Bonchev–Trinajstić information content (AvgIpc) is 2.26. The van der Waals surface area contributed by atoms with Crippen LogP contribution in [0.3, 0.4) is 0 Å². The van der Waals surface area contributed by atoms with Gasteiger partial charge in [0.25, 0.3) is 0 Å². The number of rotatable bonds is 1. The molecule has 1 aliphatic rings. The third-order valence-corrected chi connectivity index (χ3v) is 3.49. The Morgan fingerprint density at radius 3 is 2.53 bits per heavy atom. The molecule has 1 saturated heterocycles. The van der Waals surface area contributed by atoms with Gasteiger partial charge in [-0.1, -0.05) is 11.6 Å². The molecule has 2 rings (SSSR count). The Morgan fingerprint density at radius 1 is 1.32 bits per heavy atom. The fraction of sp³-hybridized carbons (Fsp3) is 0.538. The van der Waals surface area contributed by atoms with Gasteiger partial charge in [-0.25, -0.2) is 0 Å². The van der Waals surface area contributed by atoms with E-state index in [9.17, 15) is 13.2 Å². The second kappa shape index (κ2) is 4.87. The molecule has 0 atom stereocenters. The van der Waals surface area contributed by atoms with Gasteiger partial charge < -0.3 is 10.2 Å². The van der Waals surface area contributed by atoms with Crippen LogP contribution in [0.15, 0.2) is 18.2 Å². The third-order valence-electron chi connectivity index (χ3n) is 3.19. The first-order chi connectivity index (χ1) is 8.69. The number of alkyl halides is 3. The van der Waals surface area contributed by atoms with E-state index in [1.807, 2.05) is 4.90 Å². The molecular weight excluding hydrogens is 277 g/mol. The van der Waals surface area contributed by atoms with Crippen molar-refractivity contribution in [1.82, 2.24) is 5.32 Å². The first-order valence-electron chi connectivity index (χ1n) is 6.06. The number of benzene rings is 1. The predicted molar refractivity (Wildman–Crippen MR) is 70.7 cm³/mol. The summed E-state index contributed by atoms with van der Waals surface area (Å²) in [6.45, 7) is 6.32. The molecule has 0 bridgehead atoms. The highest BCUT2D eigenvalue weighted by Gasteiger charge is 2.32. The zero-order chi connectivity index (χ0) is 14.3. The molecule has 0 radical (unpaired) electrons. The van der Waals surface area contributed by atoms with Crippen LogP contribution in [-0.4, -0.2) is 25.2 Å². The van der Waals surface area contributed by atoms with E-state index in [2.05, 4.69) is 19.2 Å². The normalized spacial score (nSPS) is 19.6. The molecule has 106 valence electrons. The van der Waals surface area contributed by atoms with Crippen LogP contribution < -0.4 is 10.2 Å². The summed E-state index contributed by atoms with van der Waals surface area (Å²) in [5, 5.41) is 3.49. The van der Waals surface area contributed by atoms with Crippen LogP contribution >= 0.6 is 11.6 Å². The molecule has 6 heteroatoms. The van der Waals surface area contributed by atoms with Gasteiger partial charge in [-0.2, -0.15) is 13.2 Å². The zero-order valence-corrected chi connectivity index (χ0v) is 11.6. The Kier molecular flexibility index (Phi) is 3.71. The first-order valence-corrected chi connectivity index (χ1v) is 6.44. The summed E-state index contributed by atoms with van der Waals surface area (Å²) in [5.41, 5.74) is -0.135. The van der Waals surface area contributed by atoms with Crippen LogP contribution in [0.25, 0.3) is 0 Å². The second-order valence-electron chi connectivity index (χ2n) is 5.40. The van der Waals surface area contributed by atoms with Crippen molar-refractivity contribution in [2.75, 3.05) is 24.5 Å². The maximum Gasteiger partial charge on any atom is 0.416 e. The molecule has 1 aromatic rings. The summed E-state index contributed by atoms with van der Waals surface area (Å²) in [6.07, 6.45) is -4.36. The van der Waals surface area contributed by atoms with Crippen molar-refractivity contribution in [3.63, 3.8) is 0 Å². The van der Waals surface area contributed by atoms with Crippen LogP contribution in [0, 0.1) is 0 Å². The van der Waals surface area contributed by atoms with E-state index >= 15 is 0 Å². The van der Waals surface area contributed by atoms with Crippen LogP contribution in [0.1, 0.15) is 19.4 Å². The standard InChI is InChI=1S/C13H16ClF3N2/c1-12(2)8-19(6-5-18-12)11-4-3-9(7-10(11)14)13(15,16)17/h3-4,7,18H,5-6,8H2,1-2H3. The number of nitrogens with one attached hydrogen (secondary N) is 1. The fourth-order valence-electron chi connectivity index (χ4n) is 2.29. The highest BCUT2D eigenvalue weighted by Crippen LogP contribution is 2.35. The average molecular weight is 293 g/mol. The Hall–Kier alpha value is -0.940. The highest BCUT2D eigenvalue weighted by atomic mass is 35.5. The largest absolute Gasteiger partial charge is 0.416 e. The Labute approximate surface area is 115 Å². The smallest absolute Gasteiger partial charge is 0.367 e. The van der Waals surface area contributed by atoms with Gasteiger partial charge >= 0.3 is 6.18 Å². The summed E-state index contributed by atoms with van der Waals surface area (Å²) in [4.78, 5) is 2.01. The minimum atomic E-state index is -4.36. The van der Waals surface area contributed by atoms with E-state index in [0.717, 1.165) is 25.2 Å². The van der Waals surface area contributed by atoms with E-state index in [0.29, 0.717) is 12.2 Å². The highest BCUT2D eigenvalue weighted by molar-refractivity contribution is 6.33. The van der Waals surface area contributed by atoms with Crippen molar-refractivity contribution in [2.24, 2.45) is 0 Å². The second-order valence-corrected chi connectivity index (χ2v) is 5.80. The van der Waals surface area contributed by atoms with Crippen molar-refractivity contribution in [3.8, 4) is 0 Å². The van der Waals surface area contributed by atoms with Crippen LogP contribution in [-0.2, 0) is 6.18 Å². The van der Waals surface area contributed by atoms with Gasteiger partial charge in [0.05, 0.1) is 16.3 Å². The summed E-state index contributed by atoms with van der Waals surface area (Å²) >= 11 is 6.00. The number of hydrogen-bond donors (Lipinski definition) is 1. The van der Waals surface area contributed by atoms with E-state index < -0.39 is 11.7 Å². The molecule has 2 nitrogen and oxygen atoms in total. The lowest BCUT2D eigenvalue weighted by Gasteiger charge is -2.40. The maximum absolute atomic E-state index is 12.6. The maximum atomic E-state index is 12.6. The van der Waals surface area contributed by atoms with Crippen molar-refractivity contribution < 1.29 is 13.2 Å². The molecule has 0 unspecified atom stereocenters. The first kappa shape index (κ1) is 14.5. The number of anilines is 1. The summed E-state index contributed by atoms with van der Waals surface area (Å²) in [5.74, 6) is 0. The molecule has 1 aliphatic heterocycles. The molecule has 1 aromatic carbocycles. The Bertz CT molecular complexity index is 471. The quantitative estimate of drug-likeness (QED) is 0.851. The number of hydrogen-bond acceptors (Lipinski definition) is 2. The van der Waals surface area contributed by atoms with Gasteiger partial charge in [0, 0.05) is 25.2 Å². The van der Waals surface area contributed by atoms with E-state index in [4.69, 9.17) is 11.6 Å². The molecule has 1 heterocycles. The lowest BCUT2D eigenvalue weighted by atomic mass is 10.0. The summed E-state index contributed by atoms with van der Waals surface area (Å²) in [7, 11) is 0. The van der Waals surface area contributed by atoms with Gasteiger partial charge in [-0.15, -0.1) is 0 Å². The van der Waals surface area contributed by atoms with Gasteiger partial charge in [0.1, 0.15) is 0 Å². The fourth-order valence-corrected chi connectivity index (χ4v) is 2.59. The third kappa shape index (κ3) is 3.34. The molecule has 19 heavy (non-hydrogen) atoms. The van der Waals surface area contributed by atoms with Crippen LogP contribution in [0.2, 0.25) is 5.02 Å².